The Morgan fingerprint density at radius 2 is 1.93 bits per heavy atom. The first-order valence-corrected chi connectivity index (χ1v) is 4.84. The average Bonchev–Trinajstić information content (AvgIpc) is 2.95. The quantitative estimate of drug-likeness (QED) is 0.798. The van der Waals surface area contributed by atoms with Crippen LogP contribution in [0.1, 0.15) is 28.8 Å². The number of nitrogens with one attached hydrogen (secondary N) is 1. The van der Waals surface area contributed by atoms with Gasteiger partial charge in [-0.25, -0.2) is 8.78 Å². The van der Waals surface area contributed by atoms with E-state index in [1.165, 1.54) is 0 Å². The Morgan fingerprint density at radius 1 is 1.33 bits per heavy atom. The summed E-state index contributed by atoms with van der Waals surface area (Å²) < 4.78 is 25.7. The molecule has 1 amide bonds. The normalized spacial score (nSPS) is 15.1. The van der Waals surface area contributed by atoms with Crippen LogP contribution in [-0.4, -0.2) is 11.9 Å². The summed E-state index contributed by atoms with van der Waals surface area (Å²) >= 11 is 0. The Hall–Kier alpha value is -1.45. The predicted octanol–water partition coefficient (Wildman–Crippen LogP) is 2.17. The molecule has 80 valence electrons. The number of hydrogen-bond acceptors (Lipinski definition) is 1. The van der Waals surface area contributed by atoms with Gasteiger partial charge in [0.05, 0.1) is 0 Å². The molecule has 0 radical (unpaired) electrons. The van der Waals surface area contributed by atoms with Gasteiger partial charge in [0.1, 0.15) is 0 Å². The molecule has 1 aliphatic carbocycles. The van der Waals surface area contributed by atoms with Gasteiger partial charge in [-0.3, -0.25) is 4.79 Å². The van der Waals surface area contributed by atoms with E-state index in [2.05, 4.69) is 5.32 Å². The van der Waals surface area contributed by atoms with Crippen molar-refractivity contribution in [3.8, 4) is 0 Å². The molecular weight excluding hydrogens is 200 g/mol. The predicted molar refractivity (Wildman–Crippen MR) is 51.6 cm³/mol. The average molecular weight is 211 g/mol. The monoisotopic (exact) mass is 211 g/mol. The first kappa shape index (κ1) is 10.1. The van der Waals surface area contributed by atoms with E-state index in [-0.39, 0.29) is 17.5 Å². The van der Waals surface area contributed by atoms with Crippen LogP contribution in [0.25, 0.3) is 0 Å². The Bertz CT molecular complexity index is 413. The third kappa shape index (κ3) is 2.14. The summed E-state index contributed by atoms with van der Waals surface area (Å²) in [6.07, 6.45) is 1.93. The molecule has 1 saturated carbocycles. The van der Waals surface area contributed by atoms with Crippen LogP contribution in [-0.2, 0) is 0 Å². The number of amides is 1. The van der Waals surface area contributed by atoms with E-state index in [0.717, 1.165) is 25.0 Å². The molecule has 0 saturated heterocycles. The minimum Gasteiger partial charge on any atom is -0.349 e. The second kappa shape index (κ2) is 3.61. The number of benzene rings is 1. The maximum absolute atomic E-state index is 12.9. The summed E-state index contributed by atoms with van der Waals surface area (Å²) in [5.74, 6) is -2.23. The second-order valence-electron chi connectivity index (χ2n) is 3.83. The lowest BCUT2D eigenvalue weighted by Gasteiger charge is -2.07. The number of rotatable bonds is 2. The number of carbonyl (C=O) groups excluding carboxylic acids is 1. The zero-order valence-corrected chi connectivity index (χ0v) is 8.31. The van der Waals surface area contributed by atoms with Crippen molar-refractivity contribution >= 4 is 5.91 Å². The van der Waals surface area contributed by atoms with Gasteiger partial charge < -0.3 is 5.32 Å². The van der Waals surface area contributed by atoms with Crippen LogP contribution >= 0.6 is 0 Å². The van der Waals surface area contributed by atoms with Crippen LogP contribution in [0.15, 0.2) is 12.1 Å². The summed E-state index contributed by atoms with van der Waals surface area (Å²) in [6.45, 7) is 1.59. The van der Waals surface area contributed by atoms with Gasteiger partial charge in [0.25, 0.3) is 5.91 Å². The molecule has 4 heteroatoms. The van der Waals surface area contributed by atoms with E-state index in [1.807, 2.05) is 0 Å². The fraction of sp³-hybridized carbons (Fsp3) is 0.364. The van der Waals surface area contributed by atoms with Crippen LogP contribution in [0.4, 0.5) is 8.78 Å². The van der Waals surface area contributed by atoms with Gasteiger partial charge in [-0.05, 0) is 37.5 Å². The maximum atomic E-state index is 12.9. The van der Waals surface area contributed by atoms with E-state index in [4.69, 9.17) is 0 Å². The second-order valence-corrected chi connectivity index (χ2v) is 3.83. The Labute approximate surface area is 86.3 Å². The SMILES string of the molecule is Cc1cc(F)c(F)cc1C(=O)NC1CC1. The van der Waals surface area contributed by atoms with Crippen molar-refractivity contribution in [3.05, 3.63) is 34.9 Å². The van der Waals surface area contributed by atoms with Crippen molar-refractivity contribution < 1.29 is 13.6 Å². The highest BCUT2D eigenvalue weighted by molar-refractivity contribution is 5.96. The van der Waals surface area contributed by atoms with Gasteiger partial charge in [-0.2, -0.15) is 0 Å². The minimum atomic E-state index is -0.985. The van der Waals surface area contributed by atoms with Crippen molar-refractivity contribution in [3.63, 3.8) is 0 Å². The third-order valence-corrected chi connectivity index (χ3v) is 2.42. The smallest absolute Gasteiger partial charge is 0.251 e. The molecule has 1 aliphatic rings. The molecule has 0 bridgehead atoms. The number of carbonyl (C=O) groups is 1. The van der Waals surface area contributed by atoms with E-state index >= 15 is 0 Å². The fourth-order valence-corrected chi connectivity index (χ4v) is 1.38. The summed E-state index contributed by atoms with van der Waals surface area (Å²) in [6, 6.07) is 2.20. The molecule has 1 aromatic carbocycles. The van der Waals surface area contributed by atoms with E-state index < -0.39 is 11.6 Å². The highest BCUT2D eigenvalue weighted by Crippen LogP contribution is 2.20. The molecule has 2 nitrogen and oxygen atoms in total. The largest absolute Gasteiger partial charge is 0.349 e. The highest BCUT2D eigenvalue weighted by Gasteiger charge is 2.24. The van der Waals surface area contributed by atoms with Gasteiger partial charge in [0, 0.05) is 11.6 Å². The van der Waals surface area contributed by atoms with Crippen molar-refractivity contribution in [2.45, 2.75) is 25.8 Å². The Morgan fingerprint density at radius 3 is 2.53 bits per heavy atom. The lowest BCUT2D eigenvalue weighted by Crippen LogP contribution is -2.26. The summed E-state index contributed by atoms with van der Waals surface area (Å²) in [7, 11) is 0. The molecule has 1 N–H and O–H groups in total. The molecular formula is C11H11F2NO. The summed E-state index contributed by atoms with van der Waals surface area (Å²) in [4.78, 5) is 11.6. The zero-order valence-electron chi connectivity index (χ0n) is 8.31. The topological polar surface area (TPSA) is 29.1 Å². The molecule has 0 atom stereocenters. The van der Waals surface area contributed by atoms with Crippen molar-refractivity contribution in [2.24, 2.45) is 0 Å². The molecule has 0 aromatic heterocycles. The number of aryl methyl sites for hydroxylation is 1. The number of halogens is 2. The minimum absolute atomic E-state index is 0.209. The van der Waals surface area contributed by atoms with Gasteiger partial charge in [0.2, 0.25) is 0 Å². The fourth-order valence-electron chi connectivity index (χ4n) is 1.38. The van der Waals surface area contributed by atoms with Gasteiger partial charge >= 0.3 is 0 Å². The molecule has 2 rings (SSSR count). The molecule has 0 unspecified atom stereocenters. The lowest BCUT2D eigenvalue weighted by molar-refractivity contribution is 0.0950. The van der Waals surface area contributed by atoms with Crippen molar-refractivity contribution in [1.82, 2.24) is 5.32 Å². The first-order valence-electron chi connectivity index (χ1n) is 4.84. The van der Waals surface area contributed by atoms with E-state index in [0.29, 0.717) is 5.56 Å². The lowest BCUT2D eigenvalue weighted by atomic mass is 10.1. The summed E-state index contributed by atoms with van der Waals surface area (Å²) in [5, 5.41) is 2.73. The van der Waals surface area contributed by atoms with E-state index in [9.17, 15) is 13.6 Å². The van der Waals surface area contributed by atoms with Crippen molar-refractivity contribution in [2.75, 3.05) is 0 Å². The first-order chi connectivity index (χ1) is 7.08. The standard InChI is InChI=1S/C11H11F2NO/c1-6-4-9(12)10(13)5-8(6)11(15)14-7-2-3-7/h4-5,7H,2-3H2,1H3,(H,14,15). The molecule has 0 heterocycles. The molecule has 0 spiro atoms. The Kier molecular flexibility index (Phi) is 2.42. The van der Waals surface area contributed by atoms with Crippen molar-refractivity contribution in [1.29, 1.82) is 0 Å². The van der Waals surface area contributed by atoms with Gasteiger partial charge in [-0.1, -0.05) is 0 Å². The maximum Gasteiger partial charge on any atom is 0.251 e. The Balaban J connectivity index is 2.25. The third-order valence-electron chi connectivity index (χ3n) is 2.42. The van der Waals surface area contributed by atoms with Crippen LogP contribution in [0.3, 0.4) is 0 Å². The molecule has 1 aromatic rings. The van der Waals surface area contributed by atoms with Crippen LogP contribution < -0.4 is 5.32 Å². The van der Waals surface area contributed by atoms with Gasteiger partial charge in [-0.15, -0.1) is 0 Å². The van der Waals surface area contributed by atoms with Gasteiger partial charge in [0.15, 0.2) is 11.6 Å². The molecule has 1 fully saturated rings. The summed E-state index contributed by atoms with van der Waals surface area (Å²) in [5.41, 5.74) is 0.660. The highest BCUT2D eigenvalue weighted by atomic mass is 19.2. The van der Waals surface area contributed by atoms with Crippen LogP contribution in [0.2, 0.25) is 0 Å². The number of hydrogen-bond donors (Lipinski definition) is 1. The van der Waals surface area contributed by atoms with E-state index in [1.54, 1.807) is 6.92 Å². The van der Waals surface area contributed by atoms with Crippen LogP contribution in [0, 0.1) is 18.6 Å². The molecule has 15 heavy (non-hydrogen) atoms. The van der Waals surface area contributed by atoms with Crippen LogP contribution in [0.5, 0.6) is 0 Å². The zero-order chi connectivity index (χ0) is 11.0. The molecule has 0 aliphatic heterocycles.